The zero-order valence-electron chi connectivity index (χ0n) is 10.3. The van der Waals surface area contributed by atoms with E-state index in [0.717, 1.165) is 6.54 Å². The van der Waals surface area contributed by atoms with Crippen molar-refractivity contribution in [3.63, 3.8) is 0 Å². The summed E-state index contributed by atoms with van der Waals surface area (Å²) in [6.45, 7) is 9.83. The van der Waals surface area contributed by atoms with Gasteiger partial charge < -0.3 is 10.0 Å². The highest BCUT2D eigenvalue weighted by atomic mass is 16.4. The number of nitrogens with zero attached hydrogens (tertiary/aromatic N) is 2. The van der Waals surface area contributed by atoms with Gasteiger partial charge in [0.2, 0.25) is 0 Å². The number of hydrogen-bond acceptors (Lipinski definition) is 2. The first kappa shape index (κ1) is 12.3. The standard InChI is InChI=1S/C11H22N2O2/c1-8-9(11(2,3)4)13(10(14)15)7-6-12(8)5/h8-9H,6-7H2,1-5H3,(H,14,15). The van der Waals surface area contributed by atoms with Crippen molar-refractivity contribution in [2.75, 3.05) is 20.1 Å². The Hall–Kier alpha value is -0.770. The highest BCUT2D eigenvalue weighted by Gasteiger charge is 2.41. The summed E-state index contributed by atoms with van der Waals surface area (Å²) in [5, 5.41) is 9.18. The van der Waals surface area contributed by atoms with Gasteiger partial charge in [0.25, 0.3) is 0 Å². The second-order valence-electron chi connectivity index (χ2n) is 5.51. The van der Waals surface area contributed by atoms with Crippen molar-refractivity contribution in [2.24, 2.45) is 5.41 Å². The predicted octanol–water partition coefficient (Wildman–Crippen LogP) is 1.72. The average molecular weight is 214 g/mol. The van der Waals surface area contributed by atoms with Crippen molar-refractivity contribution < 1.29 is 9.90 Å². The van der Waals surface area contributed by atoms with Gasteiger partial charge in [-0.2, -0.15) is 0 Å². The van der Waals surface area contributed by atoms with E-state index in [-0.39, 0.29) is 17.5 Å². The minimum Gasteiger partial charge on any atom is -0.465 e. The molecule has 1 aliphatic heterocycles. The van der Waals surface area contributed by atoms with Gasteiger partial charge in [-0.25, -0.2) is 4.79 Å². The van der Waals surface area contributed by atoms with Gasteiger partial charge >= 0.3 is 6.09 Å². The Morgan fingerprint density at radius 2 is 1.87 bits per heavy atom. The van der Waals surface area contributed by atoms with Crippen LogP contribution in [0.15, 0.2) is 0 Å². The molecule has 0 aromatic rings. The van der Waals surface area contributed by atoms with Crippen LogP contribution in [0.3, 0.4) is 0 Å². The molecular weight excluding hydrogens is 192 g/mol. The van der Waals surface area contributed by atoms with Crippen LogP contribution in [-0.2, 0) is 0 Å². The van der Waals surface area contributed by atoms with E-state index < -0.39 is 6.09 Å². The van der Waals surface area contributed by atoms with E-state index in [1.54, 1.807) is 4.90 Å². The molecule has 1 saturated heterocycles. The van der Waals surface area contributed by atoms with E-state index in [2.05, 4.69) is 39.6 Å². The predicted molar refractivity (Wildman–Crippen MR) is 60.1 cm³/mol. The van der Waals surface area contributed by atoms with Crippen LogP contribution >= 0.6 is 0 Å². The molecule has 4 nitrogen and oxygen atoms in total. The van der Waals surface area contributed by atoms with Crippen LogP contribution in [0.4, 0.5) is 4.79 Å². The summed E-state index contributed by atoms with van der Waals surface area (Å²) in [6.07, 6.45) is -0.796. The Morgan fingerprint density at radius 3 is 2.27 bits per heavy atom. The minimum atomic E-state index is -0.796. The van der Waals surface area contributed by atoms with Gasteiger partial charge in [0.05, 0.1) is 6.04 Å². The molecule has 1 amide bonds. The second kappa shape index (κ2) is 4.00. The highest BCUT2D eigenvalue weighted by Crippen LogP contribution is 2.31. The van der Waals surface area contributed by atoms with Crippen LogP contribution in [0.1, 0.15) is 27.7 Å². The molecule has 0 aromatic carbocycles. The largest absolute Gasteiger partial charge is 0.465 e. The summed E-state index contributed by atoms with van der Waals surface area (Å²) in [5.41, 5.74) is -0.0213. The summed E-state index contributed by atoms with van der Waals surface area (Å²) in [5.74, 6) is 0. The maximum absolute atomic E-state index is 11.2. The molecule has 1 N–H and O–H groups in total. The van der Waals surface area contributed by atoms with Gasteiger partial charge in [0.15, 0.2) is 0 Å². The van der Waals surface area contributed by atoms with Crippen molar-refractivity contribution >= 4 is 6.09 Å². The first-order valence-electron chi connectivity index (χ1n) is 5.45. The first-order chi connectivity index (χ1) is 6.75. The molecular formula is C11H22N2O2. The van der Waals surface area contributed by atoms with Crippen LogP contribution in [0.5, 0.6) is 0 Å². The maximum atomic E-state index is 11.2. The summed E-state index contributed by atoms with van der Waals surface area (Å²) in [4.78, 5) is 15.0. The number of piperazine rings is 1. The normalized spacial score (nSPS) is 29.3. The quantitative estimate of drug-likeness (QED) is 0.667. The number of hydrogen-bond donors (Lipinski definition) is 1. The van der Waals surface area contributed by atoms with E-state index in [0.29, 0.717) is 6.54 Å². The first-order valence-corrected chi connectivity index (χ1v) is 5.45. The monoisotopic (exact) mass is 214 g/mol. The fourth-order valence-electron chi connectivity index (χ4n) is 2.52. The van der Waals surface area contributed by atoms with Crippen molar-refractivity contribution in [3.8, 4) is 0 Å². The second-order valence-corrected chi connectivity index (χ2v) is 5.51. The molecule has 1 aliphatic rings. The third-order valence-corrected chi connectivity index (χ3v) is 3.31. The lowest BCUT2D eigenvalue weighted by molar-refractivity contribution is -0.00422. The average Bonchev–Trinajstić information content (AvgIpc) is 2.06. The Bertz CT molecular complexity index is 247. The molecule has 1 fully saturated rings. The SMILES string of the molecule is CC1C(C(C)(C)C)N(C(=O)O)CCN1C. The van der Waals surface area contributed by atoms with E-state index in [4.69, 9.17) is 0 Å². The smallest absolute Gasteiger partial charge is 0.407 e. The van der Waals surface area contributed by atoms with Gasteiger partial charge in [-0.3, -0.25) is 4.90 Å². The topological polar surface area (TPSA) is 43.8 Å². The van der Waals surface area contributed by atoms with Gasteiger partial charge in [-0.1, -0.05) is 20.8 Å². The molecule has 4 heteroatoms. The van der Waals surface area contributed by atoms with Crippen LogP contribution in [0, 0.1) is 5.41 Å². The molecule has 2 atom stereocenters. The third-order valence-electron chi connectivity index (χ3n) is 3.31. The molecule has 0 bridgehead atoms. The summed E-state index contributed by atoms with van der Waals surface area (Å²) < 4.78 is 0. The lowest BCUT2D eigenvalue weighted by atomic mass is 9.80. The van der Waals surface area contributed by atoms with Gasteiger partial charge in [0, 0.05) is 19.1 Å². The summed E-state index contributed by atoms with van der Waals surface area (Å²) >= 11 is 0. The van der Waals surface area contributed by atoms with Gasteiger partial charge in [0.1, 0.15) is 0 Å². The molecule has 0 radical (unpaired) electrons. The lowest BCUT2D eigenvalue weighted by Crippen LogP contribution is -2.62. The van der Waals surface area contributed by atoms with E-state index in [1.165, 1.54) is 0 Å². The van der Waals surface area contributed by atoms with Gasteiger partial charge in [-0.15, -0.1) is 0 Å². The Balaban J connectivity index is 2.95. The number of amides is 1. The molecule has 0 aliphatic carbocycles. The maximum Gasteiger partial charge on any atom is 0.407 e. The minimum absolute atomic E-state index is 0.0213. The fourth-order valence-corrected chi connectivity index (χ4v) is 2.52. The van der Waals surface area contributed by atoms with Crippen molar-refractivity contribution in [1.82, 2.24) is 9.80 Å². The molecule has 1 rings (SSSR count). The van der Waals surface area contributed by atoms with Crippen LogP contribution in [-0.4, -0.2) is 53.2 Å². The molecule has 88 valence electrons. The van der Waals surface area contributed by atoms with E-state index in [1.807, 2.05) is 0 Å². The fraction of sp³-hybridized carbons (Fsp3) is 0.909. The summed E-state index contributed by atoms with van der Waals surface area (Å²) in [7, 11) is 2.06. The Labute approximate surface area is 91.9 Å². The van der Waals surface area contributed by atoms with Crippen LogP contribution < -0.4 is 0 Å². The van der Waals surface area contributed by atoms with E-state index >= 15 is 0 Å². The zero-order valence-corrected chi connectivity index (χ0v) is 10.3. The number of carboxylic acid groups (broad SMARTS) is 1. The Kier molecular flexibility index (Phi) is 3.28. The molecule has 0 spiro atoms. The van der Waals surface area contributed by atoms with Crippen molar-refractivity contribution in [2.45, 2.75) is 39.8 Å². The number of likely N-dealkylation sites (N-methyl/N-ethyl adjacent to an activating group) is 1. The van der Waals surface area contributed by atoms with Crippen LogP contribution in [0.2, 0.25) is 0 Å². The van der Waals surface area contributed by atoms with Gasteiger partial charge in [-0.05, 0) is 19.4 Å². The number of carbonyl (C=O) groups is 1. The molecule has 0 saturated carbocycles. The highest BCUT2D eigenvalue weighted by molar-refractivity contribution is 5.66. The third kappa shape index (κ3) is 2.43. The Morgan fingerprint density at radius 1 is 1.33 bits per heavy atom. The number of rotatable bonds is 0. The van der Waals surface area contributed by atoms with E-state index in [9.17, 15) is 9.90 Å². The summed E-state index contributed by atoms with van der Waals surface area (Å²) in [6, 6.07) is 0.337. The zero-order chi connectivity index (χ0) is 11.8. The van der Waals surface area contributed by atoms with Crippen molar-refractivity contribution in [1.29, 1.82) is 0 Å². The molecule has 0 aromatic heterocycles. The molecule has 2 unspecified atom stereocenters. The van der Waals surface area contributed by atoms with Crippen LogP contribution in [0.25, 0.3) is 0 Å². The van der Waals surface area contributed by atoms with Crippen molar-refractivity contribution in [3.05, 3.63) is 0 Å². The lowest BCUT2D eigenvalue weighted by Gasteiger charge is -2.49. The molecule has 1 heterocycles. The molecule has 15 heavy (non-hydrogen) atoms.